The van der Waals surface area contributed by atoms with Crippen molar-refractivity contribution in [1.29, 1.82) is 0 Å². The minimum atomic E-state index is -0.658. The summed E-state index contributed by atoms with van der Waals surface area (Å²) in [5, 5.41) is 8.84. The Hall–Kier alpha value is -0.570. The van der Waals surface area contributed by atoms with Crippen molar-refractivity contribution in [2.45, 2.75) is 52.5 Å². The fourth-order valence-corrected chi connectivity index (χ4v) is 2.30. The zero-order valence-electron chi connectivity index (χ0n) is 10.1. The number of likely N-dealkylation sites (tertiary alicyclic amines) is 1. The lowest BCUT2D eigenvalue weighted by molar-refractivity contribution is -0.140. The van der Waals surface area contributed by atoms with Crippen molar-refractivity contribution >= 4 is 5.97 Å². The third kappa shape index (κ3) is 3.49. The molecular weight excluding hydrogens is 190 g/mol. The Morgan fingerprint density at radius 3 is 2.40 bits per heavy atom. The van der Waals surface area contributed by atoms with Gasteiger partial charge in [-0.3, -0.25) is 4.79 Å². The van der Waals surface area contributed by atoms with Gasteiger partial charge in [-0.25, -0.2) is 0 Å². The molecule has 1 saturated heterocycles. The average molecular weight is 213 g/mol. The van der Waals surface area contributed by atoms with E-state index in [4.69, 9.17) is 5.11 Å². The highest BCUT2D eigenvalue weighted by Crippen LogP contribution is 2.35. The fraction of sp³-hybridized carbons (Fsp3) is 0.917. The molecule has 1 N–H and O–H groups in total. The number of carbonyl (C=O) groups is 1. The summed E-state index contributed by atoms with van der Waals surface area (Å²) in [5.41, 5.74) is 0.0236. The minimum Gasteiger partial charge on any atom is -0.481 e. The number of hydrogen-bond acceptors (Lipinski definition) is 2. The van der Waals surface area contributed by atoms with Crippen LogP contribution in [0.25, 0.3) is 0 Å². The van der Waals surface area contributed by atoms with Crippen LogP contribution in [0.2, 0.25) is 0 Å². The van der Waals surface area contributed by atoms with Crippen LogP contribution in [0.3, 0.4) is 0 Å². The smallest absolute Gasteiger partial charge is 0.303 e. The first-order valence-corrected chi connectivity index (χ1v) is 5.93. The van der Waals surface area contributed by atoms with Gasteiger partial charge in [-0.15, -0.1) is 0 Å². The molecule has 1 aliphatic heterocycles. The molecule has 0 spiro atoms. The second-order valence-corrected chi connectivity index (χ2v) is 5.17. The molecule has 1 heterocycles. The largest absolute Gasteiger partial charge is 0.481 e. The summed E-state index contributed by atoms with van der Waals surface area (Å²) in [7, 11) is 0. The van der Waals surface area contributed by atoms with E-state index < -0.39 is 5.97 Å². The zero-order chi connectivity index (χ0) is 11.5. The van der Waals surface area contributed by atoms with E-state index in [1.807, 2.05) is 0 Å². The Morgan fingerprint density at radius 2 is 2.00 bits per heavy atom. The molecule has 88 valence electrons. The predicted octanol–water partition coefficient (Wildman–Crippen LogP) is 2.36. The Labute approximate surface area is 92.5 Å². The third-order valence-corrected chi connectivity index (χ3v) is 3.80. The summed E-state index contributed by atoms with van der Waals surface area (Å²) in [4.78, 5) is 13.2. The topological polar surface area (TPSA) is 40.5 Å². The van der Waals surface area contributed by atoms with Crippen molar-refractivity contribution in [3.05, 3.63) is 0 Å². The number of aliphatic carboxylic acids is 1. The van der Waals surface area contributed by atoms with E-state index in [1.165, 1.54) is 6.42 Å². The summed E-state index contributed by atoms with van der Waals surface area (Å²) >= 11 is 0. The summed E-state index contributed by atoms with van der Waals surface area (Å²) in [5.74, 6) is -0.658. The molecule has 3 nitrogen and oxygen atoms in total. The van der Waals surface area contributed by atoms with Crippen molar-refractivity contribution < 1.29 is 9.90 Å². The first-order chi connectivity index (χ1) is 6.97. The third-order valence-electron chi connectivity index (χ3n) is 3.80. The molecule has 0 radical (unpaired) electrons. The monoisotopic (exact) mass is 213 g/mol. The minimum absolute atomic E-state index is 0.0236. The molecule has 0 bridgehead atoms. The van der Waals surface area contributed by atoms with Gasteiger partial charge in [0, 0.05) is 6.04 Å². The van der Waals surface area contributed by atoms with Gasteiger partial charge in [0.15, 0.2) is 0 Å². The van der Waals surface area contributed by atoms with Crippen molar-refractivity contribution in [1.82, 2.24) is 4.90 Å². The number of rotatable bonds is 4. The van der Waals surface area contributed by atoms with Crippen LogP contribution >= 0.6 is 0 Å². The zero-order valence-corrected chi connectivity index (χ0v) is 10.1. The van der Waals surface area contributed by atoms with Gasteiger partial charge in [0.05, 0.1) is 6.42 Å². The predicted molar refractivity (Wildman–Crippen MR) is 60.9 cm³/mol. The van der Waals surface area contributed by atoms with E-state index in [-0.39, 0.29) is 5.41 Å². The molecule has 0 aromatic carbocycles. The van der Waals surface area contributed by atoms with Gasteiger partial charge in [0.1, 0.15) is 0 Å². The van der Waals surface area contributed by atoms with Gasteiger partial charge in [-0.1, -0.05) is 13.8 Å². The molecule has 0 aromatic rings. The lowest BCUT2D eigenvalue weighted by atomic mass is 9.77. The lowest BCUT2D eigenvalue weighted by Crippen LogP contribution is -2.43. The average Bonchev–Trinajstić information content (AvgIpc) is 2.16. The van der Waals surface area contributed by atoms with E-state index in [0.717, 1.165) is 25.9 Å². The fourth-order valence-electron chi connectivity index (χ4n) is 2.30. The summed E-state index contributed by atoms with van der Waals surface area (Å²) in [6, 6.07) is 0.638. The number of carboxylic acid groups (broad SMARTS) is 1. The molecule has 0 aliphatic carbocycles. The molecule has 0 amide bonds. The molecule has 3 heteroatoms. The highest BCUT2D eigenvalue weighted by molar-refractivity contribution is 5.67. The van der Waals surface area contributed by atoms with Crippen molar-refractivity contribution in [2.75, 3.05) is 13.1 Å². The van der Waals surface area contributed by atoms with Crippen molar-refractivity contribution in [2.24, 2.45) is 5.41 Å². The number of carboxylic acids is 1. The number of hydrogen-bond donors (Lipinski definition) is 1. The Kier molecular flexibility index (Phi) is 4.14. The second kappa shape index (κ2) is 4.97. The summed E-state index contributed by atoms with van der Waals surface area (Å²) in [6.07, 6.45) is 3.53. The van der Waals surface area contributed by atoms with Gasteiger partial charge in [-0.05, 0) is 44.7 Å². The molecule has 1 atom stereocenters. The normalized spacial score (nSPS) is 23.7. The molecule has 1 fully saturated rings. The maximum absolute atomic E-state index is 10.7. The van der Waals surface area contributed by atoms with Crippen LogP contribution in [0.5, 0.6) is 0 Å². The van der Waals surface area contributed by atoms with Crippen LogP contribution in [-0.4, -0.2) is 35.1 Å². The highest BCUT2D eigenvalue weighted by Gasteiger charge is 2.33. The van der Waals surface area contributed by atoms with Crippen LogP contribution in [-0.2, 0) is 4.79 Å². The second-order valence-electron chi connectivity index (χ2n) is 5.17. The van der Waals surface area contributed by atoms with Gasteiger partial charge < -0.3 is 10.0 Å². The number of piperidine rings is 1. The molecule has 1 rings (SSSR count). The quantitative estimate of drug-likeness (QED) is 0.779. The molecular formula is C12H23NO2. The molecule has 15 heavy (non-hydrogen) atoms. The van der Waals surface area contributed by atoms with E-state index in [0.29, 0.717) is 12.5 Å². The Bertz CT molecular complexity index is 220. The van der Waals surface area contributed by atoms with E-state index >= 15 is 0 Å². The van der Waals surface area contributed by atoms with Gasteiger partial charge in [-0.2, -0.15) is 0 Å². The lowest BCUT2D eigenvalue weighted by Gasteiger charge is -2.41. The van der Waals surface area contributed by atoms with Crippen LogP contribution < -0.4 is 0 Å². The maximum atomic E-state index is 10.7. The molecule has 0 aromatic heterocycles. The van der Waals surface area contributed by atoms with Gasteiger partial charge in [0.25, 0.3) is 0 Å². The Morgan fingerprint density at radius 1 is 1.47 bits per heavy atom. The van der Waals surface area contributed by atoms with Gasteiger partial charge >= 0.3 is 5.97 Å². The van der Waals surface area contributed by atoms with Crippen LogP contribution in [0.15, 0.2) is 0 Å². The first-order valence-electron chi connectivity index (χ1n) is 5.93. The summed E-state index contributed by atoms with van der Waals surface area (Å²) < 4.78 is 0. The van der Waals surface area contributed by atoms with E-state index in [9.17, 15) is 4.79 Å². The SMILES string of the molecule is CCC(C)N1CCC(C)(CC(=O)O)CC1. The van der Waals surface area contributed by atoms with E-state index in [2.05, 4.69) is 25.7 Å². The van der Waals surface area contributed by atoms with Crippen molar-refractivity contribution in [3.8, 4) is 0 Å². The maximum Gasteiger partial charge on any atom is 0.303 e. The van der Waals surface area contributed by atoms with E-state index in [1.54, 1.807) is 0 Å². The molecule has 1 aliphatic rings. The van der Waals surface area contributed by atoms with Crippen LogP contribution in [0.1, 0.15) is 46.5 Å². The van der Waals surface area contributed by atoms with Gasteiger partial charge in [0.2, 0.25) is 0 Å². The Balaban J connectivity index is 2.44. The van der Waals surface area contributed by atoms with Crippen LogP contribution in [0, 0.1) is 5.41 Å². The first kappa shape index (κ1) is 12.5. The molecule has 1 unspecified atom stereocenters. The summed E-state index contributed by atoms with van der Waals surface area (Å²) in [6.45, 7) is 8.67. The molecule has 0 saturated carbocycles. The number of nitrogens with zero attached hydrogens (tertiary/aromatic N) is 1. The van der Waals surface area contributed by atoms with Crippen molar-refractivity contribution in [3.63, 3.8) is 0 Å². The highest BCUT2D eigenvalue weighted by atomic mass is 16.4. The standard InChI is InChI=1S/C12H23NO2/c1-4-10(2)13-7-5-12(3,6-8-13)9-11(14)15/h10H,4-9H2,1-3H3,(H,14,15). The van der Waals surface area contributed by atoms with Crippen LogP contribution in [0.4, 0.5) is 0 Å².